The van der Waals surface area contributed by atoms with E-state index in [-0.39, 0.29) is 26.2 Å². The first-order chi connectivity index (χ1) is 15.2. The standard InChI is InChI=1S/C21H19ClN2O6S2/c1-29-20-5-3-2-4-18(20)24-32(27,28)21-13-15(6-8-17(21)22)23-31(25,26)16-7-9-19-14(12-16)10-11-30-19/h2-9,12-13,23-24H,10-11H2,1H3. The predicted octanol–water partition coefficient (Wildman–Crippen LogP) is 3.89. The molecule has 0 aromatic heterocycles. The number of rotatable bonds is 7. The highest BCUT2D eigenvalue weighted by Gasteiger charge is 2.23. The molecule has 0 fully saturated rings. The molecule has 0 radical (unpaired) electrons. The summed E-state index contributed by atoms with van der Waals surface area (Å²) >= 11 is 6.13. The van der Waals surface area contributed by atoms with Crippen LogP contribution in [0.1, 0.15) is 5.56 Å². The minimum absolute atomic E-state index is 0.0477. The molecule has 1 aliphatic rings. The molecule has 11 heteroatoms. The highest BCUT2D eigenvalue weighted by Crippen LogP contribution is 2.32. The van der Waals surface area contributed by atoms with Gasteiger partial charge in [-0.3, -0.25) is 9.44 Å². The van der Waals surface area contributed by atoms with Gasteiger partial charge in [0.25, 0.3) is 20.0 Å². The average molecular weight is 495 g/mol. The second-order valence-corrected chi connectivity index (χ2v) is 10.7. The van der Waals surface area contributed by atoms with Gasteiger partial charge in [-0.2, -0.15) is 0 Å². The van der Waals surface area contributed by atoms with E-state index < -0.39 is 20.0 Å². The van der Waals surface area contributed by atoms with E-state index in [1.807, 2.05) is 0 Å². The Morgan fingerprint density at radius 2 is 1.72 bits per heavy atom. The SMILES string of the molecule is COc1ccccc1NS(=O)(=O)c1cc(NS(=O)(=O)c2ccc3c(c2)CCO3)ccc1Cl. The van der Waals surface area contributed by atoms with Gasteiger partial charge in [0.15, 0.2) is 0 Å². The molecule has 0 amide bonds. The summed E-state index contributed by atoms with van der Waals surface area (Å²) < 4.78 is 67.0. The normalized spacial score (nSPS) is 13.2. The Balaban J connectivity index is 1.64. The maximum atomic E-state index is 13.0. The summed E-state index contributed by atoms with van der Waals surface area (Å²) in [5.74, 6) is 0.982. The third-order valence-electron chi connectivity index (χ3n) is 4.80. The van der Waals surface area contributed by atoms with Crippen LogP contribution in [0.15, 0.2) is 70.5 Å². The number of para-hydroxylation sites is 2. The first-order valence-electron chi connectivity index (χ1n) is 9.43. The molecule has 4 rings (SSSR count). The number of ether oxygens (including phenoxy) is 2. The molecular formula is C21H19ClN2O6S2. The maximum Gasteiger partial charge on any atom is 0.263 e. The van der Waals surface area contributed by atoms with Gasteiger partial charge in [-0.15, -0.1) is 0 Å². The summed E-state index contributed by atoms with van der Waals surface area (Å²) in [6, 6.07) is 14.9. The van der Waals surface area contributed by atoms with E-state index in [1.165, 1.54) is 31.4 Å². The smallest absolute Gasteiger partial charge is 0.263 e. The molecule has 8 nitrogen and oxygen atoms in total. The van der Waals surface area contributed by atoms with Crippen LogP contribution in [0.2, 0.25) is 5.02 Å². The summed E-state index contributed by atoms with van der Waals surface area (Å²) in [4.78, 5) is -0.235. The number of nitrogens with one attached hydrogen (secondary N) is 2. The topological polar surface area (TPSA) is 111 Å². The maximum absolute atomic E-state index is 13.0. The summed E-state index contributed by atoms with van der Waals surface area (Å²) in [5, 5.41) is -0.0648. The van der Waals surface area contributed by atoms with E-state index in [2.05, 4.69) is 9.44 Å². The van der Waals surface area contributed by atoms with Crippen LogP contribution in [0.4, 0.5) is 11.4 Å². The van der Waals surface area contributed by atoms with Gasteiger partial charge >= 0.3 is 0 Å². The van der Waals surface area contributed by atoms with Crippen molar-refractivity contribution in [1.29, 1.82) is 0 Å². The van der Waals surface area contributed by atoms with Gasteiger partial charge in [0.05, 0.1) is 35.0 Å². The molecular weight excluding hydrogens is 476 g/mol. The zero-order valence-electron chi connectivity index (χ0n) is 16.8. The van der Waals surface area contributed by atoms with Crippen LogP contribution >= 0.6 is 11.6 Å². The highest BCUT2D eigenvalue weighted by molar-refractivity contribution is 7.93. The molecule has 0 spiro atoms. The first kappa shape index (κ1) is 22.3. The van der Waals surface area contributed by atoms with Crippen LogP contribution in [0.25, 0.3) is 0 Å². The number of benzene rings is 3. The van der Waals surface area contributed by atoms with Crippen molar-refractivity contribution >= 4 is 43.0 Å². The van der Waals surface area contributed by atoms with E-state index in [0.717, 1.165) is 11.6 Å². The number of methoxy groups -OCH3 is 1. The second-order valence-electron chi connectivity index (χ2n) is 6.92. The third-order valence-corrected chi connectivity index (χ3v) is 8.02. The van der Waals surface area contributed by atoms with Gasteiger partial charge in [0.2, 0.25) is 0 Å². The molecule has 168 valence electrons. The van der Waals surface area contributed by atoms with Crippen LogP contribution in [-0.2, 0) is 26.5 Å². The molecule has 2 N–H and O–H groups in total. The van der Waals surface area contributed by atoms with Crippen LogP contribution < -0.4 is 18.9 Å². The highest BCUT2D eigenvalue weighted by atomic mass is 35.5. The first-order valence-corrected chi connectivity index (χ1v) is 12.8. The Morgan fingerprint density at radius 3 is 2.50 bits per heavy atom. The largest absolute Gasteiger partial charge is 0.495 e. The summed E-state index contributed by atoms with van der Waals surface area (Å²) in [7, 11) is -6.69. The molecule has 0 unspecified atom stereocenters. The lowest BCUT2D eigenvalue weighted by Crippen LogP contribution is -2.16. The van der Waals surface area contributed by atoms with E-state index in [0.29, 0.717) is 24.5 Å². The summed E-state index contributed by atoms with van der Waals surface area (Å²) in [6.45, 7) is 0.504. The quantitative estimate of drug-likeness (QED) is 0.515. The molecule has 0 bridgehead atoms. The molecule has 3 aromatic carbocycles. The van der Waals surface area contributed by atoms with E-state index >= 15 is 0 Å². The van der Waals surface area contributed by atoms with Crippen molar-refractivity contribution in [3.63, 3.8) is 0 Å². The van der Waals surface area contributed by atoms with Crippen molar-refractivity contribution in [2.24, 2.45) is 0 Å². The Morgan fingerprint density at radius 1 is 0.938 bits per heavy atom. The Bertz CT molecular complexity index is 1390. The van der Waals surface area contributed by atoms with Gasteiger partial charge in [-0.1, -0.05) is 23.7 Å². The summed E-state index contributed by atoms with van der Waals surface area (Å²) in [5.41, 5.74) is 1.07. The Hall–Kier alpha value is -2.95. The lowest BCUT2D eigenvalue weighted by Gasteiger charge is -2.14. The predicted molar refractivity (Wildman–Crippen MR) is 122 cm³/mol. The van der Waals surface area contributed by atoms with Crippen molar-refractivity contribution in [3.05, 3.63) is 71.2 Å². The number of halogens is 1. The fourth-order valence-corrected chi connectivity index (χ4v) is 5.94. The average Bonchev–Trinajstić information content (AvgIpc) is 3.23. The van der Waals surface area contributed by atoms with Gasteiger partial charge in [0, 0.05) is 6.42 Å². The van der Waals surface area contributed by atoms with Crippen molar-refractivity contribution in [2.45, 2.75) is 16.2 Å². The number of anilines is 2. The van der Waals surface area contributed by atoms with Crippen molar-refractivity contribution < 1.29 is 26.3 Å². The van der Waals surface area contributed by atoms with Gasteiger partial charge in [-0.25, -0.2) is 16.8 Å². The Labute approximate surface area is 191 Å². The minimum Gasteiger partial charge on any atom is -0.495 e. The lowest BCUT2D eigenvalue weighted by molar-refractivity contribution is 0.356. The molecule has 0 atom stereocenters. The van der Waals surface area contributed by atoms with Crippen molar-refractivity contribution in [2.75, 3.05) is 23.2 Å². The van der Waals surface area contributed by atoms with Gasteiger partial charge < -0.3 is 9.47 Å². The molecule has 0 saturated heterocycles. The second kappa shape index (κ2) is 8.53. The third kappa shape index (κ3) is 4.47. The van der Waals surface area contributed by atoms with Crippen molar-refractivity contribution in [3.8, 4) is 11.5 Å². The minimum atomic E-state index is -4.14. The molecule has 0 aliphatic carbocycles. The monoisotopic (exact) mass is 494 g/mol. The number of hydrogen-bond acceptors (Lipinski definition) is 6. The van der Waals surface area contributed by atoms with Crippen molar-refractivity contribution in [1.82, 2.24) is 0 Å². The number of hydrogen-bond donors (Lipinski definition) is 2. The van der Waals surface area contributed by atoms with E-state index in [1.54, 1.807) is 30.3 Å². The fourth-order valence-electron chi connectivity index (χ4n) is 3.25. The molecule has 1 heterocycles. The molecule has 3 aromatic rings. The fraction of sp³-hybridized carbons (Fsp3) is 0.143. The van der Waals surface area contributed by atoms with Crippen LogP contribution in [-0.4, -0.2) is 30.6 Å². The van der Waals surface area contributed by atoms with Gasteiger partial charge in [-0.05, 0) is 54.1 Å². The zero-order valence-corrected chi connectivity index (χ0v) is 19.2. The molecule has 1 aliphatic heterocycles. The lowest BCUT2D eigenvalue weighted by atomic mass is 10.2. The summed E-state index contributed by atoms with van der Waals surface area (Å²) in [6.07, 6.45) is 0.622. The van der Waals surface area contributed by atoms with E-state index in [4.69, 9.17) is 21.1 Å². The Kier molecular flexibility index (Phi) is 5.93. The van der Waals surface area contributed by atoms with Crippen LogP contribution in [0, 0.1) is 0 Å². The van der Waals surface area contributed by atoms with Crippen LogP contribution in [0.3, 0.4) is 0 Å². The number of sulfonamides is 2. The number of fused-ring (bicyclic) bond motifs is 1. The van der Waals surface area contributed by atoms with Gasteiger partial charge in [0.1, 0.15) is 16.4 Å². The molecule has 32 heavy (non-hydrogen) atoms. The van der Waals surface area contributed by atoms with E-state index in [9.17, 15) is 16.8 Å². The van der Waals surface area contributed by atoms with Crippen LogP contribution in [0.5, 0.6) is 11.5 Å². The zero-order chi connectivity index (χ0) is 22.9. The molecule has 0 saturated carbocycles.